The SMILES string of the molecule is C=C[C@@H](Cl)[C@H](O)[C@H](C)CO[Si](C)(C)C(C)(C)C. The van der Waals surface area contributed by atoms with Gasteiger partial charge in [-0.1, -0.05) is 33.8 Å². The number of hydrogen-bond donors (Lipinski definition) is 1. The van der Waals surface area contributed by atoms with Gasteiger partial charge in [-0.15, -0.1) is 18.2 Å². The maximum Gasteiger partial charge on any atom is 0.191 e. The van der Waals surface area contributed by atoms with Crippen LogP contribution in [0.2, 0.25) is 18.1 Å². The Balaban J connectivity index is 4.34. The second kappa shape index (κ2) is 6.37. The normalized spacial score (nSPS) is 18.6. The quantitative estimate of drug-likeness (QED) is 0.455. The fourth-order valence-corrected chi connectivity index (χ4v) is 2.47. The van der Waals surface area contributed by atoms with Crippen molar-refractivity contribution in [2.45, 2.75) is 57.3 Å². The first kappa shape index (κ1) is 17.2. The topological polar surface area (TPSA) is 29.5 Å². The van der Waals surface area contributed by atoms with Crippen molar-refractivity contribution in [2.24, 2.45) is 5.92 Å². The summed E-state index contributed by atoms with van der Waals surface area (Å²) in [6.45, 7) is 17.1. The molecule has 0 aromatic heterocycles. The predicted octanol–water partition coefficient (Wildman–Crippen LogP) is 3.80. The molecule has 0 aromatic carbocycles. The van der Waals surface area contributed by atoms with Gasteiger partial charge >= 0.3 is 0 Å². The number of rotatable bonds is 6. The average molecular weight is 279 g/mol. The number of hydrogen-bond acceptors (Lipinski definition) is 2. The van der Waals surface area contributed by atoms with Gasteiger partial charge in [0.2, 0.25) is 0 Å². The number of alkyl halides is 1. The second-order valence-electron chi connectivity index (χ2n) is 6.22. The lowest BCUT2D eigenvalue weighted by molar-refractivity contribution is 0.0849. The van der Waals surface area contributed by atoms with Crippen LogP contribution in [0.3, 0.4) is 0 Å². The summed E-state index contributed by atoms with van der Waals surface area (Å²) in [5.41, 5.74) is 0. The number of aliphatic hydroxyl groups is 1. The fraction of sp³-hybridized carbons (Fsp3) is 0.846. The van der Waals surface area contributed by atoms with Gasteiger partial charge < -0.3 is 9.53 Å². The highest BCUT2D eigenvalue weighted by Gasteiger charge is 2.37. The van der Waals surface area contributed by atoms with E-state index < -0.39 is 19.8 Å². The molecule has 102 valence electrons. The van der Waals surface area contributed by atoms with Crippen LogP contribution >= 0.6 is 11.6 Å². The molecule has 0 amide bonds. The zero-order chi connectivity index (χ0) is 13.9. The highest BCUT2D eigenvalue weighted by molar-refractivity contribution is 6.74. The summed E-state index contributed by atoms with van der Waals surface area (Å²) in [7, 11) is -1.74. The molecule has 0 aliphatic heterocycles. The maximum absolute atomic E-state index is 9.92. The molecule has 4 heteroatoms. The van der Waals surface area contributed by atoms with Crippen LogP contribution in [0.1, 0.15) is 27.7 Å². The minimum Gasteiger partial charge on any atom is -0.416 e. The Hall–Kier alpha value is 0.167. The minimum atomic E-state index is -1.74. The van der Waals surface area contributed by atoms with Crippen molar-refractivity contribution in [3.05, 3.63) is 12.7 Å². The Kier molecular flexibility index (Phi) is 6.43. The lowest BCUT2D eigenvalue weighted by Gasteiger charge is -2.37. The minimum absolute atomic E-state index is 0.0182. The maximum atomic E-state index is 9.92. The van der Waals surface area contributed by atoms with Gasteiger partial charge in [-0.25, -0.2) is 0 Å². The Bertz CT molecular complexity index is 248. The van der Waals surface area contributed by atoms with E-state index in [1.165, 1.54) is 0 Å². The van der Waals surface area contributed by atoms with Gasteiger partial charge in [0.1, 0.15) is 0 Å². The molecular weight excluding hydrogens is 252 g/mol. The average Bonchev–Trinajstić information content (AvgIpc) is 2.22. The zero-order valence-electron chi connectivity index (χ0n) is 12.0. The molecule has 1 N–H and O–H groups in total. The molecule has 0 spiro atoms. The molecule has 0 heterocycles. The van der Waals surface area contributed by atoms with Crippen LogP contribution in [0, 0.1) is 5.92 Å². The van der Waals surface area contributed by atoms with Gasteiger partial charge in [0.15, 0.2) is 8.32 Å². The van der Waals surface area contributed by atoms with Gasteiger partial charge in [0.05, 0.1) is 11.5 Å². The van der Waals surface area contributed by atoms with Crippen LogP contribution in [-0.2, 0) is 4.43 Å². The van der Waals surface area contributed by atoms with Gasteiger partial charge in [-0.3, -0.25) is 0 Å². The van der Waals surface area contributed by atoms with E-state index in [9.17, 15) is 5.11 Å². The molecular formula is C13H27ClO2Si. The summed E-state index contributed by atoms with van der Waals surface area (Å²) in [6.07, 6.45) is 0.966. The van der Waals surface area contributed by atoms with Crippen molar-refractivity contribution in [2.75, 3.05) is 6.61 Å². The third-order valence-corrected chi connectivity index (χ3v) is 8.58. The molecule has 0 radical (unpaired) electrons. The number of halogens is 1. The van der Waals surface area contributed by atoms with E-state index in [1.54, 1.807) is 6.08 Å². The van der Waals surface area contributed by atoms with E-state index >= 15 is 0 Å². The van der Waals surface area contributed by atoms with Crippen molar-refractivity contribution in [3.8, 4) is 0 Å². The van der Waals surface area contributed by atoms with Gasteiger partial charge in [-0.05, 0) is 18.1 Å². The van der Waals surface area contributed by atoms with Crippen LogP contribution in [-0.4, -0.2) is 31.5 Å². The van der Waals surface area contributed by atoms with E-state index in [4.69, 9.17) is 16.0 Å². The first-order valence-corrected chi connectivity index (χ1v) is 9.46. The van der Waals surface area contributed by atoms with Crippen molar-refractivity contribution < 1.29 is 9.53 Å². The fourth-order valence-electron chi connectivity index (χ4n) is 1.11. The summed E-state index contributed by atoms with van der Waals surface area (Å²) < 4.78 is 6.06. The van der Waals surface area contributed by atoms with Crippen LogP contribution in [0.5, 0.6) is 0 Å². The molecule has 0 unspecified atom stereocenters. The first-order valence-electron chi connectivity index (χ1n) is 6.11. The highest BCUT2D eigenvalue weighted by Crippen LogP contribution is 2.36. The molecule has 0 aliphatic carbocycles. The van der Waals surface area contributed by atoms with E-state index in [2.05, 4.69) is 40.4 Å². The monoisotopic (exact) mass is 278 g/mol. The van der Waals surface area contributed by atoms with Gasteiger partial charge in [0, 0.05) is 12.5 Å². The predicted molar refractivity (Wildman–Crippen MR) is 78.2 cm³/mol. The van der Waals surface area contributed by atoms with Crippen LogP contribution in [0.25, 0.3) is 0 Å². The molecule has 3 atom stereocenters. The Morgan fingerprint density at radius 3 is 2.24 bits per heavy atom. The third-order valence-electron chi connectivity index (χ3n) is 3.65. The van der Waals surface area contributed by atoms with Crippen LogP contribution in [0.15, 0.2) is 12.7 Å². The van der Waals surface area contributed by atoms with E-state index in [0.717, 1.165) is 0 Å². The molecule has 0 bridgehead atoms. The molecule has 2 nitrogen and oxygen atoms in total. The molecule has 0 aromatic rings. The molecule has 17 heavy (non-hydrogen) atoms. The number of aliphatic hydroxyl groups excluding tert-OH is 1. The summed E-state index contributed by atoms with van der Waals surface area (Å²) in [4.78, 5) is 0. The Morgan fingerprint density at radius 2 is 1.88 bits per heavy atom. The molecule has 0 rings (SSSR count). The summed E-state index contributed by atoms with van der Waals surface area (Å²) in [6, 6.07) is 0. The zero-order valence-corrected chi connectivity index (χ0v) is 13.7. The smallest absolute Gasteiger partial charge is 0.191 e. The highest BCUT2D eigenvalue weighted by atomic mass is 35.5. The van der Waals surface area contributed by atoms with Gasteiger partial charge in [0.25, 0.3) is 0 Å². The molecule has 0 aliphatic rings. The van der Waals surface area contributed by atoms with E-state index in [1.807, 2.05) is 6.92 Å². The van der Waals surface area contributed by atoms with Crippen LogP contribution in [0.4, 0.5) is 0 Å². The van der Waals surface area contributed by atoms with Gasteiger partial charge in [-0.2, -0.15) is 0 Å². The lowest BCUT2D eigenvalue weighted by atomic mass is 10.0. The molecule has 0 saturated heterocycles. The Morgan fingerprint density at radius 1 is 1.41 bits per heavy atom. The van der Waals surface area contributed by atoms with Crippen molar-refractivity contribution in [1.82, 2.24) is 0 Å². The third kappa shape index (κ3) is 5.12. The largest absolute Gasteiger partial charge is 0.416 e. The van der Waals surface area contributed by atoms with E-state index in [-0.39, 0.29) is 11.0 Å². The van der Waals surface area contributed by atoms with E-state index in [0.29, 0.717) is 6.61 Å². The van der Waals surface area contributed by atoms with Crippen LogP contribution < -0.4 is 0 Å². The Labute approximate surface area is 112 Å². The molecule has 0 saturated carbocycles. The summed E-state index contributed by atoms with van der Waals surface area (Å²) >= 11 is 5.94. The summed E-state index contributed by atoms with van der Waals surface area (Å²) in [5, 5.41) is 9.70. The molecule has 0 fully saturated rings. The van der Waals surface area contributed by atoms with Crippen molar-refractivity contribution in [1.29, 1.82) is 0 Å². The van der Waals surface area contributed by atoms with Crippen molar-refractivity contribution >= 4 is 19.9 Å². The first-order chi connectivity index (χ1) is 7.53. The van der Waals surface area contributed by atoms with Crippen molar-refractivity contribution in [3.63, 3.8) is 0 Å². The standard InChI is InChI=1S/C13H27ClO2Si/c1-8-11(14)12(15)10(2)9-16-17(6,7)13(3,4)5/h8,10-12,15H,1,9H2,2-7H3/t10-,11-,12-/m1/s1. The summed E-state index contributed by atoms with van der Waals surface area (Å²) in [5.74, 6) is 0.0182. The second-order valence-corrected chi connectivity index (χ2v) is 11.5. The lowest BCUT2D eigenvalue weighted by Crippen LogP contribution is -2.43.